The summed E-state index contributed by atoms with van der Waals surface area (Å²) >= 11 is 0. The highest BCUT2D eigenvalue weighted by Gasteiger charge is 2.24. The molecule has 0 spiro atoms. The lowest BCUT2D eigenvalue weighted by Gasteiger charge is -2.28. The Morgan fingerprint density at radius 1 is 0.829 bits per heavy atom. The largest absolute Gasteiger partial charge is 0.481 e. The van der Waals surface area contributed by atoms with Gasteiger partial charge in [-0.25, -0.2) is 4.98 Å². The van der Waals surface area contributed by atoms with Crippen molar-refractivity contribution in [3.8, 4) is 33.9 Å². The maximum Gasteiger partial charge on any atom is 0.303 e. The molecule has 5 rings (SSSR count). The van der Waals surface area contributed by atoms with E-state index in [0.717, 1.165) is 59.6 Å². The van der Waals surface area contributed by atoms with Gasteiger partial charge in [-0.3, -0.25) is 9.78 Å². The van der Waals surface area contributed by atoms with E-state index < -0.39 is 5.97 Å². The van der Waals surface area contributed by atoms with Crippen molar-refractivity contribution >= 4 is 5.97 Å². The highest BCUT2D eigenvalue weighted by Crippen LogP contribution is 2.37. The fraction of sp³-hybridized carbons (Fsp3) is 0.300. The van der Waals surface area contributed by atoms with Gasteiger partial charge < -0.3 is 10.1 Å². The number of rotatable bonds is 6. The molecule has 0 amide bonds. The third kappa shape index (κ3) is 6.04. The standard InChI is InChI=1S/C28H27N3O2.C2H6/c32-27(33)16-19-6-8-20(9-7-19)21-10-12-23(13-11-21)25-15-14-24(17-29-25)28-30-18-26(31-28)22-4-2-1-3-5-22;1-2/h1-5,10-15,17-20H,6-9,16H2,(H,30,31)(H,32,33);1-2H3. The third-order valence-electron chi connectivity index (χ3n) is 6.69. The zero-order valence-electron chi connectivity index (χ0n) is 20.4. The second-order valence-electron chi connectivity index (χ2n) is 8.88. The van der Waals surface area contributed by atoms with Crippen LogP contribution in [0.2, 0.25) is 0 Å². The van der Waals surface area contributed by atoms with Crippen LogP contribution in [0, 0.1) is 5.92 Å². The van der Waals surface area contributed by atoms with Crippen molar-refractivity contribution in [2.75, 3.05) is 0 Å². The van der Waals surface area contributed by atoms with Gasteiger partial charge in [0.2, 0.25) is 0 Å². The molecule has 0 aliphatic heterocycles. The second kappa shape index (κ2) is 11.6. The lowest BCUT2D eigenvalue weighted by molar-refractivity contribution is -0.138. The van der Waals surface area contributed by atoms with Crippen LogP contribution < -0.4 is 0 Å². The van der Waals surface area contributed by atoms with Crippen LogP contribution in [0.3, 0.4) is 0 Å². The molecule has 2 aromatic heterocycles. The van der Waals surface area contributed by atoms with Crippen LogP contribution in [0.15, 0.2) is 79.1 Å². The number of imidazole rings is 1. The Kier molecular flexibility index (Phi) is 8.09. The number of nitrogens with one attached hydrogen (secondary N) is 1. The van der Waals surface area contributed by atoms with E-state index in [2.05, 4.69) is 51.4 Å². The van der Waals surface area contributed by atoms with Crippen LogP contribution in [0.4, 0.5) is 0 Å². The molecule has 0 radical (unpaired) electrons. The van der Waals surface area contributed by atoms with Gasteiger partial charge >= 0.3 is 5.97 Å². The Hall–Kier alpha value is -3.73. The number of H-pyrrole nitrogens is 1. The van der Waals surface area contributed by atoms with E-state index in [1.807, 2.05) is 56.6 Å². The molecule has 2 heterocycles. The van der Waals surface area contributed by atoms with Crippen LogP contribution in [-0.2, 0) is 4.79 Å². The number of carboxylic acid groups (broad SMARTS) is 1. The van der Waals surface area contributed by atoms with Crippen LogP contribution in [0.25, 0.3) is 33.9 Å². The maximum atomic E-state index is 10.9. The van der Waals surface area contributed by atoms with Gasteiger partial charge in [-0.1, -0.05) is 68.4 Å². The zero-order valence-corrected chi connectivity index (χ0v) is 20.4. The van der Waals surface area contributed by atoms with E-state index in [4.69, 9.17) is 5.11 Å². The third-order valence-corrected chi connectivity index (χ3v) is 6.69. The maximum absolute atomic E-state index is 10.9. The Balaban J connectivity index is 0.00000141. The highest BCUT2D eigenvalue weighted by atomic mass is 16.4. The summed E-state index contributed by atoms with van der Waals surface area (Å²) in [5.74, 6) is 0.989. The predicted octanol–water partition coefficient (Wildman–Crippen LogP) is 7.58. The highest BCUT2D eigenvalue weighted by molar-refractivity contribution is 5.67. The topological polar surface area (TPSA) is 78.9 Å². The summed E-state index contributed by atoms with van der Waals surface area (Å²) in [6.45, 7) is 4.00. The van der Waals surface area contributed by atoms with E-state index in [1.54, 1.807) is 0 Å². The first kappa shape index (κ1) is 24.4. The molecule has 35 heavy (non-hydrogen) atoms. The number of carbonyl (C=O) groups is 1. The lowest BCUT2D eigenvalue weighted by atomic mass is 9.77. The number of carboxylic acids is 1. The van der Waals surface area contributed by atoms with Crippen molar-refractivity contribution in [3.05, 3.63) is 84.7 Å². The number of nitrogens with zero attached hydrogens (tertiary/aromatic N) is 2. The Morgan fingerprint density at radius 2 is 1.51 bits per heavy atom. The van der Waals surface area contributed by atoms with Crippen LogP contribution in [0.5, 0.6) is 0 Å². The molecule has 2 aromatic carbocycles. The summed E-state index contributed by atoms with van der Waals surface area (Å²) < 4.78 is 0. The van der Waals surface area contributed by atoms with Gasteiger partial charge in [0.15, 0.2) is 0 Å². The van der Waals surface area contributed by atoms with Gasteiger partial charge in [0.25, 0.3) is 0 Å². The summed E-state index contributed by atoms with van der Waals surface area (Å²) in [6.07, 6.45) is 8.16. The quantitative estimate of drug-likeness (QED) is 0.306. The molecule has 2 N–H and O–H groups in total. The minimum atomic E-state index is -0.676. The Labute approximate surface area is 207 Å². The summed E-state index contributed by atoms with van der Waals surface area (Å²) in [4.78, 5) is 23.5. The van der Waals surface area contributed by atoms with Crippen molar-refractivity contribution in [1.29, 1.82) is 0 Å². The summed E-state index contributed by atoms with van der Waals surface area (Å²) in [6, 6.07) is 22.9. The molecule has 180 valence electrons. The van der Waals surface area contributed by atoms with Crippen molar-refractivity contribution in [2.45, 2.75) is 51.9 Å². The minimum absolute atomic E-state index is 0.304. The molecule has 4 aromatic rings. The summed E-state index contributed by atoms with van der Waals surface area (Å²) in [7, 11) is 0. The van der Waals surface area contributed by atoms with E-state index in [1.165, 1.54) is 5.56 Å². The average molecular weight is 468 g/mol. The molecular weight excluding hydrogens is 434 g/mol. The predicted molar refractivity (Wildman–Crippen MR) is 141 cm³/mol. The summed E-state index contributed by atoms with van der Waals surface area (Å²) in [5, 5.41) is 9.01. The number of aromatic nitrogens is 3. The first-order chi connectivity index (χ1) is 17.2. The normalized spacial score (nSPS) is 17.3. The molecule has 0 unspecified atom stereocenters. The van der Waals surface area contributed by atoms with E-state index in [-0.39, 0.29) is 0 Å². The van der Waals surface area contributed by atoms with Crippen molar-refractivity contribution < 1.29 is 9.90 Å². The van der Waals surface area contributed by atoms with Gasteiger partial charge in [0.05, 0.1) is 17.6 Å². The van der Waals surface area contributed by atoms with Gasteiger partial charge in [-0.05, 0) is 60.8 Å². The molecule has 1 fully saturated rings. The molecule has 1 aliphatic rings. The fourth-order valence-corrected chi connectivity index (χ4v) is 4.81. The number of hydrogen-bond acceptors (Lipinski definition) is 3. The molecular formula is C30H33N3O2. The first-order valence-corrected chi connectivity index (χ1v) is 12.5. The molecule has 0 bridgehead atoms. The van der Waals surface area contributed by atoms with Gasteiger partial charge in [0, 0.05) is 23.7 Å². The van der Waals surface area contributed by atoms with Crippen LogP contribution in [-0.4, -0.2) is 26.0 Å². The van der Waals surface area contributed by atoms with Crippen LogP contribution >= 0.6 is 0 Å². The average Bonchev–Trinajstić information content (AvgIpc) is 3.41. The van der Waals surface area contributed by atoms with E-state index in [0.29, 0.717) is 18.3 Å². The van der Waals surface area contributed by atoms with E-state index >= 15 is 0 Å². The van der Waals surface area contributed by atoms with Crippen molar-refractivity contribution in [1.82, 2.24) is 15.0 Å². The zero-order chi connectivity index (χ0) is 24.6. The summed E-state index contributed by atoms with van der Waals surface area (Å²) in [5.41, 5.74) is 6.42. The van der Waals surface area contributed by atoms with Gasteiger partial charge in [-0.15, -0.1) is 0 Å². The van der Waals surface area contributed by atoms with Crippen LogP contribution in [0.1, 0.15) is 57.4 Å². The molecule has 0 saturated heterocycles. The number of benzene rings is 2. The molecule has 0 atom stereocenters. The SMILES string of the molecule is CC.O=C(O)CC1CCC(c2ccc(-c3ccc(-c4ncc(-c5ccccc5)[nH]4)cn3)cc2)CC1. The number of pyridine rings is 1. The minimum Gasteiger partial charge on any atom is -0.481 e. The lowest BCUT2D eigenvalue weighted by Crippen LogP contribution is -2.16. The Morgan fingerprint density at radius 3 is 2.14 bits per heavy atom. The number of hydrogen-bond donors (Lipinski definition) is 2. The van der Waals surface area contributed by atoms with E-state index in [9.17, 15) is 4.79 Å². The Bertz CT molecular complexity index is 1210. The van der Waals surface area contributed by atoms with Crippen molar-refractivity contribution in [3.63, 3.8) is 0 Å². The number of aromatic amines is 1. The molecule has 5 heteroatoms. The molecule has 1 aliphatic carbocycles. The fourth-order valence-electron chi connectivity index (χ4n) is 4.81. The molecule has 5 nitrogen and oxygen atoms in total. The smallest absolute Gasteiger partial charge is 0.303 e. The molecule has 1 saturated carbocycles. The number of aliphatic carboxylic acids is 1. The second-order valence-corrected chi connectivity index (χ2v) is 8.88. The first-order valence-electron chi connectivity index (χ1n) is 12.5. The van der Waals surface area contributed by atoms with Gasteiger partial charge in [-0.2, -0.15) is 0 Å². The monoisotopic (exact) mass is 467 g/mol. The van der Waals surface area contributed by atoms with Crippen molar-refractivity contribution in [2.24, 2.45) is 5.92 Å². The van der Waals surface area contributed by atoms with Gasteiger partial charge in [0.1, 0.15) is 5.82 Å².